The maximum atomic E-state index is 13.2. The van der Waals surface area contributed by atoms with Gasteiger partial charge in [0.05, 0.1) is 6.61 Å². The fraction of sp³-hybridized carbons (Fsp3) is 0.571. The van der Waals surface area contributed by atoms with Crippen molar-refractivity contribution in [3.63, 3.8) is 0 Å². The van der Waals surface area contributed by atoms with E-state index in [0.29, 0.717) is 5.92 Å². The predicted octanol–water partition coefficient (Wildman–Crippen LogP) is 2.40. The average molecular weight is 251 g/mol. The summed E-state index contributed by atoms with van der Waals surface area (Å²) >= 11 is 0. The Hall–Kier alpha value is -1.13. The molecule has 0 aliphatic carbocycles. The zero-order valence-corrected chi connectivity index (χ0v) is 10.3. The third kappa shape index (κ3) is 2.22. The van der Waals surface area contributed by atoms with Gasteiger partial charge in [0.1, 0.15) is 17.7 Å². The number of fused-ring (bicyclic) bond motifs is 1. The lowest BCUT2D eigenvalue weighted by Gasteiger charge is -2.36. The van der Waals surface area contributed by atoms with Crippen LogP contribution in [0.3, 0.4) is 0 Å². The molecular weight excluding hydrogens is 233 g/mol. The lowest BCUT2D eigenvalue weighted by Crippen LogP contribution is -2.39. The van der Waals surface area contributed by atoms with Crippen LogP contribution in [0.2, 0.25) is 0 Å². The molecule has 1 fully saturated rings. The van der Waals surface area contributed by atoms with Crippen LogP contribution < -0.4 is 10.5 Å². The fourth-order valence-corrected chi connectivity index (χ4v) is 2.85. The maximum Gasteiger partial charge on any atom is 0.124 e. The summed E-state index contributed by atoms with van der Waals surface area (Å²) in [5.41, 5.74) is 6.91. The van der Waals surface area contributed by atoms with Crippen molar-refractivity contribution in [3.05, 3.63) is 29.6 Å². The number of hydrogen-bond acceptors (Lipinski definition) is 3. The van der Waals surface area contributed by atoms with Crippen molar-refractivity contribution in [3.8, 4) is 5.75 Å². The monoisotopic (exact) mass is 251 g/mol. The summed E-state index contributed by atoms with van der Waals surface area (Å²) < 4.78 is 24.7. The normalized spacial score (nSPS) is 31.6. The first kappa shape index (κ1) is 11.9. The third-order valence-corrected chi connectivity index (χ3v) is 3.86. The highest BCUT2D eigenvalue weighted by Gasteiger charge is 2.33. The van der Waals surface area contributed by atoms with E-state index in [1.54, 1.807) is 6.07 Å². The van der Waals surface area contributed by atoms with Gasteiger partial charge in [0.15, 0.2) is 0 Å². The molecule has 1 saturated heterocycles. The molecule has 3 rings (SSSR count). The van der Waals surface area contributed by atoms with Crippen LogP contribution >= 0.6 is 0 Å². The number of rotatable bonds is 1. The summed E-state index contributed by atoms with van der Waals surface area (Å²) in [6.07, 6.45) is 3.03. The molecule has 1 aromatic carbocycles. The van der Waals surface area contributed by atoms with Gasteiger partial charge >= 0.3 is 0 Å². The van der Waals surface area contributed by atoms with Gasteiger partial charge in [-0.25, -0.2) is 4.39 Å². The van der Waals surface area contributed by atoms with Gasteiger partial charge in [-0.15, -0.1) is 0 Å². The van der Waals surface area contributed by atoms with Crippen LogP contribution in [0.1, 0.15) is 30.9 Å². The summed E-state index contributed by atoms with van der Waals surface area (Å²) in [6.45, 7) is 1.59. The van der Waals surface area contributed by atoms with Gasteiger partial charge in [-0.1, -0.05) is 0 Å². The molecule has 0 spiro atoms. The van der Waals surface area contributed by atoms with Crippen LogP contribution in [-0.4, -0.2) is 19.3 Å². The molecule has 0 amide bonds. The maximum absolute atomic E-state index is 13.2. The first-order valence-corrected chi connectivity index (χ1v) is 6.53. The van der Waals surface area contributed by atoms with Gasteiger partial charge in [0.2, 0.25) is 0 Å². The summed E-state index contributed by atoms with van der Waals surface area (Å²) in [5.74, 6) is 0.876. The number of benzene rings is 1. The molecular formula is C14H18FNO2. The molecule has 98 valence electrons. The van der Waals surface area contributed by atoms with Crippen molar-refractivity contribution < 1.29 is 13.9 Å². The number of hydrogen-bond donors (Lipinski definition) is 1. The highest BCUT2D eigenvalue weighted by molar-refractivity contribution is 5.38. The minimum Gasteiger partial charge on any atom is -0.490 e. The predicted molar refractivity (Wildman–Crippen MR) is 65.9 cm³/mol. The first-order chi connectivity index (χ1) is 8.74. The van der Waals surface area contributed by atoms with Crippen molar-refractivity contribution in [2.45, 2.75) is 31.4 Å². The van der Waals surface area contributed by atoms with Crippen molar-refractivity contribution >= 4 is 0 Å². The zero-order chi connectivity index (χ0) is 12.5. The van der Waals surface area contributed by atoms with Crippen LogP contribution in [0.5, 0.6) is 5.75 Å². The van der Waals surface area contributed by atoms with Gasteiger partial charge in [-0.3, -0.25) is 0 Å². The Labute approximate surface area is 106 Å². The van der Waals surface area contributed by atoms with Crippen LogP contribution in [0, 0.1) is 11.7 Å². The Kier molecular flexibility index (Phi) is 3.22. The molecule has 0 radical (unpaired) electrons. The SMILES string of the molecule is N[C@@H]1CC(C2CCCOC2)Oc2ccc(F)cc21. The van der Waals surface area contributed by atoms with Gasteiger partial charge in [0, 0.05) is 30.6 Å². The largest absolute Gasteiger partial charge is 0.490 e. The van der Waals surface area contributed by atoms with E-state index < -0.39 is 0 Å². The summed E-state index contributed by atoms with van der Waals surface area (Å²) in [7, 11) is 0. The highest BCUT2D eigenvalue weighted by Crippen LogP contribution is 2.37. The summed E-state index contributed by atoms with van der Waals surface area (Å²) in [6, 6.07) is 4.44. The molecule has 0 aromatic heterocycles. The van der Waals surface area contributed by atoms with Gasteiger partial charge in [0.25, 0.3) is 0 Å². The van der Waals surface area contributed by atoms with Crippen molar-refractivity contribution in [1.82, 2.24) is 0 Å². The van der Waals surface area contributed by atoms with E-state index >= 15 is 0 Å². The molecule has 0 bridgehead atoms. The zero-order valence-electron chi connectivity index (χ0n) is 10.3. The van der Waals surface area contributed by atoms with E-state index in [2.05, 4.69) is 0 Å². The molecule has 2 aliphatic heterocycles. The van der Waals surface area contributed by atoms with E-state index in [4.69, 9.17) is 15.2 Å². The van der Waals surface area contributed by atoms with Crippen molar-refractivity contribution in [2.75, 3.05) is 13.2 Å². The second kappa shape index (κ2) is 4.86. The molecule has 18 heavy (non-hydrogen) atoms. The minimum absolute atomic E-state index is 0.0956. The van der Waals surface area contributed by atoms with Crippen molar-refractivity contribution in [1.29, 1.82) is 0 Å². The molecule has 3 atom stereocenters. The lowest BCUT2D eigenvalue weighted by molar-refractivity contribution is -0.00929. The molecule has 3 nitrogen and oxygen atoms in total. The third-order valence-electron chi connectivity index (χ3n) is 3.86. The topological polar surface area (TPSA) is 44.5 Å². The molecule has 2 unspecified atom stereocenters. The Balaban J connectivity index is 1.80. The first-order valence-electron chi connectivity index (χ1n) is 6.53. The van der Waals surface area contributed by atoms with Crippen LogP contribution in [-0.2, 0) is 4.74 Å². The average Bonchev–Trinajstić information content (AvgIpc) is 2.40. The number of halogens is 1. The Morgan fingerprint density at radius 3 is 3.00 bits per heavy atom. The van der Waals surface area contributed by atoms with Crippen LogP contribution in [0.25, 0.3) is 0 Å². The fourth-order valence-electron chi connectivity index (χ4n) is 2.85. The van der Waals surface area contributed by atoms with Crippen LogP contribution in [0.4, 0.5) is 4.39 Å². The van der Waals surface area contributed by atoms with E-state index in [-0.39, 0.29) is 18.0 Å². The van der Waals surface area contributed by atoms with E-state index in [9.17, 15) is 4.39 Å². The Morgan fingerprint density at radius 2 is 2.22 bits per heavy atom. The molecule has 2 heterocycles. The quantitative estimate of drug-likeness (QED) is 0.833. The second-order valence-electron chi connectivity index (χ2n) is 5.16. The second-order valence-corrected chi connectivity index (χ2v) is 5.16. The van der Waals surface area contributed by atoms with E-state index in [0.717, 1.165) is 43.8 Å². The van der Waals surface area contributed by atoms with Crippen molar-refractivity contribution in [2.24, 2.45) is 11.7 Å². The molecule has 4 heteroatoms. The Morgan fingerprint density at radius 1 is 1.33 bits per heavy atom. The highest BCUT2D eigenvalue weighted by atomic mass is 19.1. The smallest absolute Gasteiger partial charge is 0.124 e. The number of ether oxygens (including phenoxy) is 2. The standard InChI is InChI=1S/C14H18FNO2/c15-10-3-4-13-11(6-10)12(16)7-14(18-13)9-2-1-5-17-8-9/h3-4,6,9,12,14H,1-2,5,7-8,16H2/t9?,12-,14?/m1/s1. The number of nitrogens with two attached hydrogens (primary N) is 1. The van der Waals surface area contributed by atoms with E-state index in [1.165, 1.54) is 12.1 Å². The molecule has 2 N–H and O–H groups in total. The minimum atomic E-state index is -0.257. The lowest BCUT2D eigenvalue weighted by atomic mass is 9.87. The molecule has 1 aromatic rings. The van der Waals surface area contributed by atoms with Crippen LogP contribution in [0.15, 0.2) is 18.2 Å². The Bertz CT molecular complexity index is 432. The van der Waals surface area contributed by atoms with Gasteiger partial charge in [-0.05, 0) is 31.0 Å². The van der Waals surface area contributed by atoms with Gasteiger partial charge < -0.3 is 15.2 Å². The van der Waals surface area contributed by atoms with E-state index in [1.807, 2.05) is 0 Å². The molecule has 0 saturated carbocycles. The molecule has 2 aliphatic rings. The van der Waals surface area contributed by atoms with Gasteiger partial charge in [-0.2, -0.15) is 0 Å². The summed E-state index contributed by atoms with van der Waals surface area (Å²) in [4.78, 5) is 0. The summed E-state index contributed by atoms with van der Waals surface area (Å²) in [5, 5.41) is 0.